The van der Waals surface area contributed by atoms with Gasteiger partial charge >= 0.3 is 0 Å². The molecule has 1 aromatic heterocycles. The number of rotatable bonds is 3. The van der Waals surface area contributed by atoms with Crippen LogP contribution in [0, 0.1) is 20.8 Å². The maximum Gasteiger partial charge on any atom is 0.0515 e. The second-order valence-electron chi connectivity index (χ2n) is 4.91. The lowest BCUT2D eigenvalue weighted by Crippen LogP contribution is -2.13. The molecule has 2 rings (SSSR count). The molecule has 17 heavy (non-hydrogen) atoms. The first-order valence-electron chi connectivity index (χ1n) is 6.26. The third-order valence-corrected chi connectivity index (χ3v) is 3.75. The predicted octanol–water partition coefficient (Wildman–Crippen LogP) is 2.87. The van der Waals surface area contributed by atoms with E-state index in [1.165, 1.54) is 33.3 Å². The van der Waals surface area contributed by atoms with E-state index in [4.69, 9.17) is 0 Å². The summed E-state index contributed by atoms with van der Waals surface area (Å²) in [5, 5.41) is 4.67. The van der Waals surface area contributed by atoms with Crippen molar-refractivity contribution in [3.63, 3.8) is 0 Å². The summed E-state index contributed by atoms with van der Waals surface area (Å²) in [6, 6.07) is 4.45. The van der Waals surface area contributed by atoms with Gasteiger partial charge in [0.25, 0.3) is 0 Å². The topological polar surface area (TPSA) is 17.0 Å². The van der Waals surface area contributed by atoms with Crippen molar-refractivity contribution in [1.29, 1.82) is 0 Å². The van der Waals surface area contributed by atoms with Crippen LogP contribution in [0.5, 0.6) is 0 Å². The molecule has 92 valence electrons. The molecule has 0 aliphatic rings. The van der Waals surface area contributed by atoms with Gasteiger partial charge in [-0.3, -0.25) is 0 Å². The maximum atomic E-state index is 3.23. The number of benzene rings is 1. The average molecular weight is 230 g/mol. The number of likely N-dealkylation sites (N-methyl/N-ethyl adjacent to an activating group) is 1. The standard InChI is InChI=1S/C15H22N2/c1-10-6-7-11(2)15-14(10)12(3)13(17(15)5)8-9-16-4/h6-7,16H,8-9H2,1-5H3. The second kappa shape index (κ2) is 4.53. The molecule has 0 aliphatic heterocycles. The van der Waals surface area contributed by atoms with E-state index in [1.807, 2.05) is 7.05 Å². The number of fused-ring (bicyclic) bond motifs is 1. The van der Waals surface area contributed by atoms with Gasteiger partial charge in [-0.15, -0.1) is 0 Å². The van der Waals surface area contributed by atoms with Gasteiger partial charge in [0.15, 0.2) is 0 Å². The summed E-state index contributed by atoms with van der Waals surface area (Å²) in [5.41, 5.74) is 7.04. The lowest BCUT2D eigenvalue weighted by Gasteiger charge is -2.06. The molecule has 1 aromatic carbocycles. The van der Waals surface area contributed by atoms with Crippen LogP contribution in [-0.4, -0.2) is 18.2 Å². The molecule has 1 N–H and O–H groups in total. The smallest absolute Gasteiger partial charge is 0.0515 e. The molecule has 0 saturated carbocycles. The van der Waals surface area contributed by atoms with Crippen LogP contribution in [0.4, 0.5) is 0 Å². The molecule has 0 fully saturated rings. The van der Waals surface area contributed by atoms with Crippen molar-refractivity contribution in [2.24, 2.45) is 7.05 Å². The maximum absolute atomic E-state index is 3.23. The fourth-order valence-electron chi connectivity index (χ4n) is 2.83. The van der Waals surface area contributed by atoms with Crippen molar-refractivity contribution in [3.05, 3.63) is 34.5 Å². The monoisotopic (exact) mass is 230 g/mol. The summed E-state index contributed by atoms with van der Waals surface area (Å²) in [4.78, 5) is 0. The van der Waals surface area contributed by atoms with Crippen LogP contribution in [0.1, 0.15) is 22.4 Å². The molecule has 1 heterocycles. The summed E-state index contributed by atoms with van der Waals surface area (Å²) in [6.07, 6.45) is 1.09. The molecule has 0 unspecified atom stereocenters. The minimum absolute atomic E-state index is 1.03. The molecule has 2 heteroatoms. The first-order valence-corrected chi connectivity index (χ1v) is 6.26. The molecule has 0 bridgehead atoms. The van der Waals surface area contributed by atoms with Gasteiger partial charge in [0, 0.05) is 31.1 Å². The molecule has 2 aromatic rings. The van der Waals surface area contributed by atoms with Gasteiger partial charge in [-0.2, -0.15) is 0 Å². The average Bonchev–Trinajstić information content (AvgIpc) is 2.55. The molecule has 2 nitrogen and oxygen atoms in total. The zero-order valence-electron chi connectivity index (χ0n) is 11.5. The van der Waals surface area contributed by atoms with Gasteiger partial charge in [-0.05, 0) is 44.5 Å². The van der Waals surface area contributed by atoms with Gasteiger partial charge in [-0.1, -0.05) is 12.1 Å². The lowest BCUT2D eigenvalue weighted by atomic mass is 10.0. The number of aryl methyl sites for hydroxylation is 4. The Morgan fingerprint density at radius 2 is 1.76 bits per heavy atom. The number of nitrogens with one attached hydrogen (secondary N) is 1. The molecule has 0 radical (unpaired) electrons. The molecule has 0 spiro atoms. The van der Waals surface area contributed by atoms with E-state index >= 15 is 0 Å². The van der Waals surface area contributed by atoms with Crippen LogP contribution < -0.4 is 5.32 Å². The van der Waals surface area contributed by atoms with Crippen molar-refractivity contribution in [2.75, 3.05) is 13.6 Å². The largest absolute Gasteiger partial charge is 0.347 e. The number of hydrogen-bond acceptors (Lipinski definition) is 1. The second-order valence-corrected chi connectivity index (χ2v) is 4.91. The quantitative estimate of drug-likeness (QED) is 0.858. The Hall–Kier alpha value is -1.28. The van der Waals surface area contributed by atoms with Crippen molar-refractivity contribution in [3.8, 4) is 0 Å². The molecule has 0 saturated heterocycles. The number of aromatic nitrogens is 1. The highest BCUT2D eigenvalue weighted by Crippen LogP contribution is 2.30. The van der Waals surface area contributed by atoms with E-state index < -0.39 is 0 Å². The van der Waals surface area contributed by atoms with Crippen LogP contribution >= 0.6 is 0 Å². The molecule has 0 aliphatic carbocycles. The third kappa shape index (κ3) is 1.87. The van der Waals surface area contributed by atoms with Gasteiger partial charge in [-0.25, -0.2) is 0 Å². The normalized spacial score (nSPS) is 11.4. The SMILES string of the molecule is CNCCc1c(C)c2c(C)ccc(C)c2n1C. The van der Waals surface area contributed by atoms with Crippen LogP contribution in [0.3, 0.4) is 0 Å². The van der Waals surface area contributed by atoms with Crippen molar-refractivity contribution < 1.29 is 0 Å². The first kappa shape index (κ1) is 12.2. The Balaban J connectivity index is 2.71. The Morgan fingerprint density at radius 1 is 1.12 bits per heavy atom. The minimum Gasteiger partial charge on any atom is -0.347 e. The predicted molar refractivity (Wildman–Crippen MR) is 74.8 cm³/mol. The van der Waals surface area contributed by atoms with E-state index in [0.29, 0.717) is 0 Å². The van der Waals surface area contributed by atoms with Crippen molar-refractivity contribution >= 4 is 10.9 Å². The molecular formula is C15H22N2. The zero-order chi connectivity index (χ0) is 12.6. The van der Waals surface area contributed by atoms with Crippen LogP contribution in [0.25, 0.3) is 10.9 Å². The number of hydrogen-bond donors (Lipinski definition) is 1. The Morgan fingerprint density at radius 3 is 2.35 bits per heavy atom. The Bertz CT molecular complexity index is 505. The van der Waals surface area contributed by atoms with Gasteiger partial charge in [0.05, 0.1) is 5.52 Å². The van der Waals surface area contributed by atoms with Crippen LogP contribution in [-0.2, 0) is 13.5 Å². The van der Waals surface area contributed by atoms with E-state index in [0.717, 1.165) is 13.0 Å². The molecule has 0 amide bonds. The first-order chi connectivity index (χ1) is 8.07. The summed E-state index contributed by atoms with van der Waals surface area (Å²) in [6.45, 7) is 7.68. The summed E-state index contributed by atoms with van der Waals surface area (Å²) >= 11 is 0. The highest BCUT2D eigenvalue weighted by Gasteiger charge is 2.14. The van der Waals surface area contributed by atoms with Crippen LogP contribution in [0.2, 0.25) is 0 Å². The highest BCUT2D eigenvalue weighted by molar-refractivity contribution is 5.90. The fraction of sp³-hybridized carbons (Fsp3) is 0.467. The van der Waals surface area contributed by atoms with Crippen molar-refractivity contribution in [2.45, 2.75) is 27.2 Å². The zero-order valence-corrected chi connectivity index (χ0v) is 11.5. The summed E-state index contributed by atoms with van der Waals surface area (Å²) in [5.74, 6) is 0. The summed E-state index contributed by atoms with van der Waals surface area (Å²) < 4.78 is 2.37. The van der Waals surface area contributed by atoms with E-state index in [-0.39, 0.29) is 0 Å². The highest BCUT2D eigenvalue weighted by atomic mass is 15.0. The van der Waals surface area contributed by atoms with Gasteiger partial charge in [0.1, 0.15) is 0 Å². The van der Waals surface area contributed by atoms with E-state index in [9.17, 15) is 0 Å². The Kier molecular flexibility index (Phi) is 3.25. The molecule has 0 atom stereocenters. The van der Waals surface area contributed by atoms with E-state index in [2.05, 4.69) is 49.8 Å². The van der Waals surface area contributed by atoms with Crippen molar-refractivity contribution in [1.82, 2.24) is 9.88 Å². The fourth-order valence-corrected chi connectivity index (χ4v) is 2.83. The lowest BCUT2D eigenvalue weighted by molar-refractivity contribution is 0.741. The summed E-state index contributed by atoms with van der Waals surface area (Å²) in [7, 11) is 4.20. The van der Waals surface area contributed by atoms with Crippen LogP contribution in [0.15, 0.2) is 12.1 Å². The number of nitrogens with zero attached hydrogens (tertiary/aromatic N) is 1. The molecular weight excluding hydrogens is 208 g/mol. The van der Waals surface area contributed by atoms with Gasteiger partial charge < -0.3 is 9.88 Å². The van der Waals surface area contributed by atoms with Gasteiger partial charge in [0.2, 0.25) is 0 Å². The Labute approximate surface area is 104 Å². The minimum atomic E-state index is 1.03. The third-order valence-electron chi connectivity index (χ3n) is 3.75. The van der Waals surface area contributed by atoms with E-state index in [1.54, 1.807) is 0 Å².